The number of carbonyl (C=O) groups is 4. The van der Waals surface area contributed by atoms with E-state index in [-0.39, 0.29) is 28.3 Å². The predicted octanol–water partition coefficient (Wildman–Crippen LogP) is 3.32. The number of furan rings is 1. The standard InChI is InChI=1S/C23H16N2O7/c1-31-14-8-6-13(7-9-14)25-21(27)18(20(26)24-23(25)30)12-15-10-11-19(32-15)16-4-2-3-5-17(16)22(28)29/h2-12H,1H3,(H,28,29)(H,24,26,30). The topological polar surface area (TPSA) is 126 Å². The molecule has 0 radical (unpaired) electrons. The van der Waals surface area contributed by atoms with E-state index in [9.17, 15) is 24.3 Å². The summed E-state index contributed by atoms with van der Waals surface area (Å²) in [6.45, 7) is 0. The van der Waals surface area contributed by atoms with Crippen molar-refractivity contribution in [1.82, 2.24) is 5.32 Å². The number of benzene rings is 2. The molecule has 160 valence electrons. The maximum Gasteiger partial charge on any atom is 0.336 e. The minimum absolute atomic E-state index is 0.0452. The van der Waals surface area contributed by atoms with Crippen LogP contribution >= 0.6 is 0 Å². The third-order valence-corrected chi connectivity index (χ3v) is 4.77. The number of hydrogen-bond donors (Lipinski definition) is 2. The van der Waals surface area contributed by atoms with Gasteiger partial charge in [-0.25, -0.2) is 14.5 Å². The molecule has 9 heteroatoms. The summed E-state index contributed by atoms with van der Waals surface area (Å²) < 4.78 is 10.7. The minimum Gasteiger partial charge on any atom is -0.497 e. The van der Waals surface area contributed by atoms with Crippen LogP contribution in [0.4, 0.5) is 10.5 Å². The first-order chi connectivity index (χ1) is 15.4. The Morgan fingerprint density at radius 2 is 1.75 bits per heavy atom. The van der Waals surface area contributed by atoms with Crippen molar-refractivity contribution in [1.29, 1.82) is 0 Å². The Kier molecular flexibility index (Phi) is 5.30. The molecule has 4 amide bonds. The van der Waals surface area contributed by atoms with Gasteiger partial charge in [-0.1, -0.05) is 18.2 Å². The van der Waals surface area contributed by atoms with Gasteiger partial charge in [0, 0.05) is 5.56 Å². The Bertz CT molecular complexity index is 1270. The molecule has 2 aromatic carbocycles. The average Bonchev–Trinajstić information content (AvgIpc) is 3.25. The van der Waals surface area contributed by atoms with Gasteiger partial charge >= 0.3 is 12.0 Å². The van der Waals surface area contributed by atoms with Crippen molar-refractivity contribution in [3.63, 3.8) is 0 Å². The maximum absolute atomic E-state index is 13.0. The Hall–Kier alpha value is -4.66. The Morgan fingerprint density at radius 1 is 1.03 bits per heavy atom. The molecule has 0 aliphatic carbocycles. The van der Waals surface area contributed by atoms with Gasteiger partial charge in [-0.15, -0.1) is 0 Å². The number of anilines is 1. The lowest BCUT2D eigenvalue weighted by Crippen LogP contribution is -2.54. The molecule has 9 nitrogen and oxygen atoms in total. The Labute approximate surface area is 181 Å². The molecule has 0 unspecified atom stereocenters. The van der Waals surface area contributed by atoms with E-state index in [1.54, 1.807) is 30.3 Å². The number of imide groups is 2. The van der Waals surface area contributed by atoms with E-state index in [1.165, 1.54) is 43.5 Å². The second-order valence-corrected chi connectivity index (χ2v) is 6.71. The molecule has 4 rings (SSSR count). The molecule has 1 saturated heterocycles. The van der Waals surface area contributed by atoms with Gasteiger partial charge in [-0.2, -0.15) is 0 Å². The smallest absolute Gasteiger partial charge is 0.336 e. The van der Waals surface area contributed by atoms with Crippen LogP contribution in [0.15, 0.2) is 70.7 Å². The van der Waals surface area contributed by atoms with Crippen molar-refractivity contribution in [3.8, 4) is 17.1 Å². The number of hydrogen-bond acceptors (Lipinski definition) is 6. The van der Waals surface area contributed by atoms with Gasteiger partial charge in [0.25, 0.3) is 11.8 Å². The summed E-state index contributed by atoms with van der Waals surface area (Å²) in [6.07, 6.45) is 1.20. The third kappa shape index (κ3) is 3.74. The van der Waals surface area contributed by atoms with Crippen LogP contribution in [-0.2, 0) is 9.59 Å². The highest BCUT2D eigenvalue weighted by Gasteiger charge is 2.37. The second kappa shape index (κ2) is 8.23. The van der Waals surface area contributed by atoms with Crippen LogP contribution < -0.4 is 15.0 Å². The number of nitrogens with one attached hydrogen (secondary N) is 1. The van der Waals surface area contributed by atoms with E-state index in [0.717, 1.165) is 4.90 Å². The van der Waals surface area contributed by atoms with E-state index in [0.29, 0.717) is 11.3 Å². The second-order valence-electron chi connectivity index (χ2n) is 6.71. The van der Waals surface area contributed by atoms with Gasteiger partial charge in [0.15, 0.2) is 0 Å². The number of rotatable bonds is 5. The zero-order valence-corrected chi connectivity index (χ0v) is 16.7. The van der Waals surface area contributed by atoms with Crippen LogP contribution in [0.5, 0.6) is 5.75 Å². The lowest BCUT2D eigenvalue weighted by atomic mass is 10.1. The molecule has 2 heterocycles. The number of carboxylic acid groups (broad SMARTS) is 1. The summed E-state index contributed by atoms with van der Waals surface area (Å²) in [4.78, 5) is 49.9. The molecular weight excluding hydrogens is 416 g/mol. The zero-order chi connectivity index (χ0) is 22.8. The lowest BCUT2D eigenvalue weighted by Gasteiger charge is -2.26. The number of ether oxygens (including phenoxy) is 1. The summed E-state index contributed by atoms with van der Waals surface area (Å²) in [5, 5.41) is 11.5. The monoisotopic (exact) mass is 432 g/mol. The number of barbiturate groups is 1. The van der Waals surface area contributed by atoms with Crippen LogP contribution in [0.1, 0.15) is 16.1 Å². The normalized spacial score (nSPS) is 15.1. The molecule has 32 heavy (non-hydrogen) atoms. The molecule has 0 bridgehead atoms. The highest BCUT2D eigenvalue weighted by Crippen LogP contribution is 2.28. The number of nitrogens with zero attached hydrogens (tertiary/aromatic N) is 1. The number of aromatic carboxylic acids is 1. The fourth-order valence-electron chi connectivity index (χ4n) is 3.23. The molecule has 1 aliphatic heterocycles. The minimum atomic E-state index is -1.12. The maximum atomic E-state index is 13.0. The molecule has 1 aliphatic rings. The van der Waals surface area contributed by atoms with Gasteiger partial charge < -0.3 is 14.3 Å². The number of methoxy groups -OCH3 is 1. The highest BCUT2D eigenvalue weighted by molar-refractivity contribution is 6.39. The first-order valence-electron chi connectivity index (χ1n) is 9.37. The van der Waals surface area contributed by atoms with Crippen LogP contribution in [0, 0.1) is 0 Å². The van der Waals surface area contributed by atoms with Crippen molar-refractivity contribution in [2.45, 2.75) is 0 Å². The van der Waals surface area contributed by atoms with Crippen LogP contribution in [0.3, 0.4) is 0 Å². The van der Waals surface area contributed by atoms with Crippen molar-refractivity contribution in [2.24, 2.45) is 0 Å². The number of amides is 4. The first-order valence-corrected chi connectivity index (χ1v) is 9.37. The predicted molar refractivity (Wildman–Crippen MR) is 113 cm³/mol. The molecule has 3 aromatic rings. The molecule has 0 spiro atoms. The van der Waals surface area contributed by atoms with Crippen LogP contribution in [0.2, 0.25) is 0 Å². The SMILES string of the molecule is COc1ccc(N2C(=O)NC(=O)C(=Cc3ccc(-c4ccccc4C(=O)O)o3)C2=O)cc1. The highest BCUT2D eigenvalue weighted by atomic mass is 16.5. The quantitative estimate of drug-likeness (QED) is 0.468. The number of carbonyl (C=O) groups excluding carboxylic acids is 3. The molecule has 0 saturated carbocycles. The van der Waals surface area contributed by atoms with E-state index < -0.39 is 23.8 Å². The molecule has 0 atom stereocenters. The lowest BCUT2D eigenvalue weighted by molar-refractivity contribution is -0.122. The largest absolute Gasteiger partial charge is 0.497 e. The summed E-state index contributed by atoms with van der Waals surface area (Å²) in [7, 11) is 1.49. The third-order valence-electron chi connectivity index (χ3n) is 4.77. The van der Waals surface area contributed by atoms with Gasteiger partial charge in [0.1, 0.15) is 22.8 Å². The Balaban J connectivity index is 1.68. The van der Waals surface area contributed by atoms with Gasteiger partial charge in [0.2, 0.25) is 0 Å². The molecule has 2 N–H and O–H groups in total. The fraction of sp³-hybridized carbons (Fsp3) is 0.0435. The fourth-order valence-corrected chi connectivity index (χ4v) is 3.23. The zero-order valence-electron chi connectivity index (χ0n) is 16.7. The van der Waals surface area contributed by atoms with E-state index >= 15 is 0 Å². The molecule has 1 fully saturated rings. The van der Waals surface area contributed by atoms with Gasteiger partial charge in [0.05, 0.1) is 18.4 Å². The van der Waals surface area contributed by atoms with Gasteiger partial charge in [-0.3, -0.25) is 14.9 Å². The number of carboxylic acids is 1. The molecular formula is C23H16N2O7. The van der Waals surface area contributed by atoms with E-state index in [4.69, 9.17) is 9.15 Å². The van der Waals surface area contributed by atoms with Crippen molar-refractivity contribution in [2.75, 3.05) is 12.0 Å². The molecule has 1 aromatic heterocycles. The van der Waals surface area contributed by atoms with Gasteiger partial charge in [-0.05, 0) is 48.5 Å². The van der Waals surface area contributed by atoms with Crippen molar-refractivity contribution < 1.29 is 33.4 Å². The summed E-state index contributed by atoms with van der Waals surface area (Å²) >= 11 is 0. The van der Waals surface area contributed by atoms with Crippen LogP contribution in [-0.4, -0.2) is 36.0 Å². The average molecular weight is 432 g/mol. The van der Waals surface area contributed by atoms with Crippen molar-refractivity contribution in [3.05, 3.63) is 77.6 Å². The van der Waals surface area contributed by atoms with Crippen molar-refractivity contribution >= 4 is 35.6 Å². The van der Waals surface area contributed by atoms with E-state index in [2.05, 4.69) is 5.32 Å². The summed E-state index contributed by atoms with van der Waals surface area (Å²) in [5.41, 5.74) is 0.331. The number of urea groups is 1. The summed E-state index contributed by atoms with van der Waals surface area (Å²) in [6, 6.07) is 14.6. The first kappa shape index (κ1) is 20.6. The summed E-state index contributed by atoms with van der Waals surface area (Å²) in [5.74, 6) is -1.88. The van der Waals surface area contributed by atoms with E-state index in [1.807, 2.05) is 0 Å². The Morgan fingerprint density at radius 3 is 2.44 bits per heavy atom. The van der Waals surface area contributed by atoms with Crippen LogP contribution in [0.25, 0.3) is 17.4 Å².